The van der Waals surface area contributed by atoms with Crippen molar-refractivity contribution in [3.8, 4) is 5.75 Å². The normalized spacial score (nSPS) is 34.2. The molecule has 8 atom stereocenters. The molecule has 2 fully saturated rings. The summed E-state index contributed by atoms with van der Waals surface area (Å²) in [7, 11) is 2.89. The molecule has 0 radical (unpaired) electrons. The number of ketones is 4. The quantitative estimate of drug-likeness (QED) is 0.375. The van der Waals surface area contributed by atoms with E-state index in [0.717, 1.165) is 0 Å². The number of alkyl carbamates (subject to hydrolysis) is 1. The van der Waals surface area contributed by atoms with Gasteiger partial charge in [-0.25, -0.2) is 4.79 Å². The number of hydrogen-bond donors (Lipinski definition) is 4. The fourth-order valence-corrected chi connectivity index (χ4v) is 6.53. The van der Waals surface area contributed by atoms with Gasteiger partial charge in [0.25, 0.3) is 0 Å². The van der Waals surface area contributed by atoms with Crippen molar-refractivity contribution in [1.29, 1.82) is 0 Å². The Kier molecular flexibility index (Phi) is 6.72. The number of fused-ring (bicyclic) bond motifs is 3. The Morgan fingerprint density at radius 2 is 1.72 bits per heavy atom. The molecule has 2 saturated carbocycles. The molecule has 39 heavy (non-hydrogen) atoms. The second-order valence-corrected chi connectivity index (χ2v) is 11.9. The number of phenols is 1. The monoisotopic (exact) mass is 543 g/mol. The van der Waals surface area contributed by atoms with Crippen LogP contribution in [0.4, 0.5) is 4.79 Å². The maximum absolute atomic E-state index is 14.1. The highest BCUT2D eigenvalue weighted by Crippen LogP contribution is 2.55. The highest BCUT2D eigenvalue weighted by Gasteiger charge is 2.74. The molecule has 4 rings (SSSR count). The zero-order chi connectivity index (χ0) is 29.4. The van der Waals surface area contributed by atoms with Crippen LogP contribution in [0.25, 0.3) is 0 Å². The van der Waals surface area contributed by atoms with Gasteiger partial charge < -0.3 is 26.0 Å². The van der Waals surface area contributed by atoms with Gasteiger partial charge in [-0.1, -0.05) is 19.1 Å². The average Bonchev–Trinajstić information content (AvgIpc) is 2.79. The third-order valence-electron chi connectivity index (χ3n) is 8.05. The van der Waals surface area contributed by atoms with E-state index in [1.54, 1.807) is 33.8 Å². The van der Waals surface area contributed by atoms with E-state index in [1.807, 2.05) is 0 Å². The zero-order valence-electron chi connectivity index (χ0n) is 22.6. The number of benzene rings is 1. The van der Waals surface area contributed by atoms with E-state index < -0.39 is 88.0 Å². The van der Waals surface area contributed by atoms with Crippen LogP contribution < -0.4 is 11.1 Å². The number of carbonyl (C=O) groups is 6. The number of phenolic OH excluding ortho intramolecular Hbond substituents is 1. The fraction of sp³-hybridized carbons (Fsp3) is 0.556. The number of ether oxygens (including phenoxy) is 1. The minimum atomic E-state index is -3.06. The summed E-state index contributed by atoms with van der Waals surface area (Å²) in [5, 5.41) is 25.1. The van der Waals surface area contributed by atoms with Crippen LogP contribution in [0.1, 0.15) is 49.5 Å². The van der Waals surface area contributed by atoms with Crippen LogP contribution in [-0.2, 0) is 23.9 Å². The molecule has 0 bridgehead atoms. The molecule has 3 aliphatic rings. The summed E-state index contributed by atoms with van der Waals surface area (Å²) in [6, 6.07) is 2.94. The van der Waals surface area contributed by atoms with E-state index >= 15 is 0 Å². The predicted molar refractivity (Wildman–Crippen MR) is 135 cm³/mol. The van der Waals surface area contributed by atoms with Gasteiger partial charge in [-0.2, -0.15) is 0 Å². The summed E-state index contributed by atoms with van der Waals surface area (Å²) >= 11 is 0. The number of primary amides is 1. The molecule has 3 aliphatic carbocycles. The molecule has 1 aromatic carbocycles. The Labute approximate surface area is 224 Å². The number of hydrogen-bond acceptors (Lipinski definition) is 10. The fourth-order valence-electron chi connectivity index (χ4n) is 6.53. The van der Waals surface area contributed by atoms with E-state index in [0.29, 0.717) is 5.56 Å². The largest absolute Gasteiger partial charge is 0.507 e. The van der Waals surface area contributed by atoms with E-state index in [2.05, 4.69) is 5.32 Å². The lowest BCUT2D eigenvalue weighted by Gasteiger charge is -2.56. The Balaban J connectivity index is 2.00. The number of aromatic hydroxyl groups is 1. The van der Waals surface area contributed by atoms with E-state index in [9.17, 15) is 39.0 Å². The Hall–Kier alpha value is -3.64. The first-order valence-electron chi connectivity index (χ1n) is 12.6. The number of amides is 2. The molecule has 12 nitrogen and oxygen atoms in total. The number of likely N-dealkylation sites (N-methyl/N-ethyl adjacent to an activating group) is 1. The molecule has 0 aromatic heterocycles. The summed E-state index contributed by atoms with van der Waals surface area (Å²) in [5.74, 6) is -13.6. The van der Waals surface area contributed by atoms with Gasteiger partial charge in [-0.3, -0.25) is 28.9 Å². The molecule has 0 aliphatic heterocycles. The summed E-state index contributed by atoms with van der Waals surface area (Å²) in [6.45, 7) is 6.74. The highest BCUT2D eigenvalue weighted by atomic mass is 16.6. The number of carbonyl (C=O) groups excluding carboxylic acids is 6. The minimum absolute atomic E-state index is 0.144. The van der Waals surface area contributed by atoms with Crippen molar-refractivity contribution in [2.45, 2.75) is 56.9 Å². The van der Waals surface area contributed by atoms with E-state index in [1.165, 1.54) is 31.1 Å². The second kappa shape index (κ2) is 9.23. The molecule has 2 amide bonds. The van der Waals surface area contributed by atoms with Crippen LogP contribution in [0.5, 0.6) is 5.75 Å². The number of nitrogens with zero attached hydrogens (tertiary/aromatic N) is 1. The molecule has 5 N–H and O–H groups in total. The lowest BCUT2D eigenvalue weighted by molar-refractivity contribution is -0.197. The van der Waals surface area contributed by atoms with Gasteiger partial charge in [0, 0.05) is 11.5 Å². The lowest BCUT2D eigenvalue weighted by atomic mass is 9.49. The second-order valence-electron chi connectivity index (χ2n) is 11.9. The highest BCUT2D eigenvalue weighted by molar-refractivity contribution is 6.32. The van der Waals surface area contributed by atoms with Gasteiger partial charge in [-0.05, 0) is 52.4 Å². The van der Waals surface area contributed by atoms with Crippen molar-refractivity contribution in [1.82, 2.24) is 10.2 Å². The van der Waals surface area contributed by atoms with Crippen LogP contribution in [-0.4, -0.2) is 87.6 Å². The van der Waals surface area contributed by atoms with Crippen LogP contribution in [0.3, 0.4) is 0 Å². The maximum atomic E-state index is 14.1. The Bertz CT molecular complexity index is 1300. The molecule has 0 saturated heterocycles. The number of aliphatic hydroxyl groups is 1. The molecule has 210 valence electrons. The summed E-state index contributed by atoms with van der Waals surface area (Å²) < 4.78 is 5.83. The van der Waals surface area contributed by atoms with Gasteiger partial charge in [0.2, 0.25) is 5.91 Å². The van der Waals surface area contributed by atoms with Crippen LogP contribution in [0.15, 0.2) is 18.2 Å². The third-order valence-corrected chi connectivity index (χ3v) is 8.05. The molecular formula is C27H33N3O9. The minimum Gasteiger partial charge on any atom is -0.507 e. The van der Waals surface area contributed by atoms with Gasteiger partial charge in [-0.15, -0.1) is 0 Å². The van der Waals surface area contributed by atoms with Crippen molar-refractivity contribution >= 4 is 35.1 Å². The number of nitrogens with two attached hydrogens (primary N) is 1. The van der Waals surface area contributed by atoms with E-state index in [4.69, 9.17) is 10.5 Å². The van der Waals surface area contributed by atoms with Crippen molar-refractivity contribution < 1.29 is 43.7 Å². The van der Waals surface area contributed by atoms with E-state index in [-0.39, 0.29) is 11.3 Å². The number of Topliss-reactive ketones (excluding diaryl/α,β-unsaturated/α-hetero) is 4. The van der Waals surface area contributed by atoms with Crippen molar-refractivity contribution in [2.24, 2.45) is 29.4 Å². The van der Waals surface area contributed by atoms with Crippen molar-refractivity contribution in [2.75, 3.05) is 14.1 Å². The average molecular weight is 544 g/mol. The first-order valence-corrected chi connectivity index (χ1v) is 12.6. The SMILES string of the molecule is CC1c2cccc(O)c2C(=O)C2C(=O)C3(O)C(=O)C(C(N)=O)C(=O)C(N(C)C)C3C(OC(=O)NC(C)(C)C)C21. The Morgan fingerprint density at radius 1 is 1.10 bits per heavy atom. The summed E-state index contributed by atoms with van der Waals surface area (Å²) in [6.07, 6.45) is -2.47. The first-order chi connectivity index (χ1) is 17.9. The van der Waals surface area contributed by atoms with Gasteiger partial charge in [0.1, 0.15) is 11.9 Å². The molecule has 12 heteroatoms. The van der Waals surface area contributed by atoms with Gasteiger partial charge in [0.05, 0.1) is 23.4 Å². The van der Waals surface area contributed by atoms with Crippen molar-refractivity contribution in [3.05, 3.63) is 29.3 Å². The standard InChI is InChI=1S/C27H33N3O9/c1-10-11-8-7-9-12(31)14(11)19(32)15-13(10)21(39-25(37)29-26(2,3)4)17-18(30(5)6)20(33)16(24(28)36)23(35)27(17,38)22(15)34/h7-10,13,15-18,21,31,38H,1-6H3,(H2,28,36)(H,29,37). The summed E-state index contributed by atoms with van der Waals surface area (Å²) in [5.41, 5.74) is 1.78. The summed E-state index contributed by atoms with van der Waals surface area (Å²) in [4.78, 5) is 81.6. The Morgan fingerprint density at radius 3 is 2.26 bits per heavy atom. The molecule has 1 aromatic rings. The molecular weight excluding hydrogens is 510 g/mol. The lowest BCUT2D eigenvalue weighted by Crippen LogP contribution is -2.78. The van der Waals surface area contributed by atoms with Crippen LogP contribution >= 0.6 is 0 Å². The third kappa shape index (κ3) is 4.13. The molecule has 0 heterocycles. The smallest absolute Gasteiger partial charge is 0.407 e. The van der Waals surface area contributed by atoms with Gasteiger partial charge in [0.15, 0.2) is 34.7 Å². The van der Waals surface area contributed by atoms with Crippen LogP contribution in [0.2, 0.25) is 0 Å². The number of nitrogens with one attached hydrogen (secondary N) is 1. The first kappa shape index (κ1) is 28.4. The topological polar surface area (TPSA) is 193 Å². The van der Waals surface area contributed by atoms with Crippen molar-refractivity contribution in [3.63, 3.8) is 0 Å². The number of rotatable bonds is 3. The predicted octanol–water partition coefficient (Wildman–Crippen LogP) is -0.0688. The maximum Gasteiger partial charge on any atom is 0.407 e. The molecule has 8 unspecified atom stereocenters. The zero-order valence-corrected chi connectivity index (χ0v) is 22.6. The van der Waals surface area contributed by atoms with Crippen LogP contribution in [0, 0.1) is 23.7 Å². The molecule has 0 spiro atoms. The van der Waals surface area contributed by atoms with Gasteiger partial charge >= 0.3 is 6.09 Å².